The number of hydrogen-bond acceptors (Lipinski definition) is 5. The van der Waals surface area contributed by atoms with Gasteiger partial charge in [-0.1, -0.05) is 23.8 Å². The molecule has 3 amide bonds. The molecule has 2 aromatic carbocycles. The molecule has 2 atom stereocenters. The molecule has 2 N–H and O–H groups in total. The Kier molecular flexibility index (Phi) is 8.84. The highest BCUT2D eigenvalue weighted by atomic mass is 16.6. The number of methoxy groups -OCH3 is 1. The zero-order valence-electron chi connectivity index (χ0n) is 22.9. The number of anilines is 1. The molecule has 8 nitrogen and oxygen atoms in total. The fraction of sp³-hybridized carbons (Fsp3) is 0.483. The predicted octanol–water partition coefficient (Wildman–Crippen LogP) is 5.29. The molecule has 1 fully saturated rings. The van der Waals surface area contributed by atoms with E-state index in [2.05, 4.69) is 10.6 Å². The molecule has 37 heavy (non-hydrogen) atoms. The van der Waals surface area contributed by atoms with Crippen molar-refractivity contribution in [2.24, 2.45) is 0 Å². The highest BCUT2D eigenvalue weighted by Gasteiger charge is 2.41. The van der Waals surface area contributed by atoms with E-state index >= 15 is 0 Å². The Hall–Kier alpha value is -3.55. The maximum absolute atomic E-state index is 13.9. The Morgan fingerprint density at radius 3 is 2.22 bits per heavy atom. The van der Waals surface area contributed by atoms with Crippen LogP contribution in [-0.2, 0) is 14.3 Å². The number of amides is 3. The van der Waals surface area contributed by atoms with Gasteiger partial charge in [0.2, 0.25) is 5.91 Å². The highest BCUT2D eigenvalue weighted by Crippen LogP contribution is 2.36. The molecule has 2 aromatic rings. The van der Waals surface area contributed by atoms with Crippen molar-refractivity contribution >= 4 is 23.6 Å². The fourth-order valence-electron chi connectivity index (χ4n) is 4.31. The fourth-order valence-corrected chi connectivity index (χ4v) is 4.31. The van der Waals surface area contributed by atoms with Gasteiger partial charge in [-0.3, -0.25) is 9.59 Å². The SMILES string of the molecule is COc1ccc(NC(=O)C(c2cc(C)ccc2C)N(C(=O)C(C)NC(=O)OC(C)(C)C)C2CCC2)cc1. The van der Waals surface area contributed by atoms with Gasteiger partial charge in [0.25, 0.3) is 5.91 Å². The number of aryl methyl sites for hydroxylation is 2. The maximum atomic E-state index is 13.9. The summed E-state index contributed by atoms with van der Waals surface area (Å²) in [7, 11) is 1.58. The van der Waals surface area contributed by atoms with Gasteiger partial charge in [0.1, 0.15) is 23.4 Å². The Labute approximate surface area is 219 Å². The number of carbonyl (C=O) groups is 3. The molecule has 0 spiro atoms. The molecule has 2 unspecified atom stereocenters. The van der Waals surface area contributed by atoms with Crippen molar-refractivity contribution in [3.05, 3.63) is 59.2 Å². The average molecular weight is 510 g/mol. The first-order valence-electron chi connectivity index (χ1n) is 12.7. The van der Waals surface area contributed by atoms with Crippen LogP contribution in [0.15, 0.2) is 42.5 Å². The van der Waals surface area contributed by atoms with Crippen LogP contribution in [0.1, 0.15) is 69.7 Å². The van der Waals surface area contributed by atoms with Crippen molar-refractivity contribution in [2.75, 3.05) is 12.4 Å². The summed E-state index contributed by atoms with van der Waals surface area (Å²) in [5.74, 6) is 0.0346. The standard InChI is InChI=1S/C29H39N3O5/c1-18-11-12-19(2)24(17-18)25(26(33)31-21-13-15-23(36-7)16-14-21)32(22-9-8-10-22)27(34)20(3)30-28(35)37-29(4,5)6/h11-17,20,22,25H,8-10H2,1-7H3,(H,30,35)(H,31,33). The zero-order valence-corrected chi connectivity index (χ0v) is 22.9. The summed E-state index contributed by atoms with van der Waals surface area (Å²) in [6.45, 7) is 10.8. The second kappa shape index (κ2) is 11.7. The lowest BCUT2D eigenvalue weighted by atomic mass is 9.87. The van der Waals surface area contributed by atoms with Crippen LogP contribution in [0.5, 0.6) is 5.75 Å². The first-order chi connectivity index (χ1) is 17.4. The van der Waals surface area contributed by atoms with E-state index < -0.39 is 23.8 Å². The average Bonchev–Trinajstić information content (AvgIpc) is 2.78. The first kappa shape index (κ1) is 28.0. The monoisotopic (exact) mass is 509 g/mol. The lowest BCUT2D eigenvalue weighted by molar-refractivity contribution is -0.145. The molecular weight excluding hydrogens is 470 g/mol. The molecule has 0 saturated heterocycles. The minimum Gasteiger partial charge on any atom is -0.497 e. The van der Waals surface area contributed by atoms with Crippen molar-refractivity contribution < 1.29 is 23.9 Å². The second-order valence-corrected chi connectivity index (χ2v) is 10.7. The third-order valence-corrected chi connectivity index (χ3v) is 6.44. The zero-order chi connectivity index (χ0) is 27.3. The number of ether oxygens (including phenoxy) is 2. The lowest BCUT2D eigenvalue weighted by Crippen LogP contribution is -2.56. The summed E-state index contributed by atoms with van der Waals surface area (Å²) in [6.07, 6.45) is 1.89. The topological polar surface area (TPSA) is 97.0 Å². The Bertz CT molecular complexity index is 1120. The van der Waals surface area contributed by atoms with E-state index in [0.29, 0.717) is 11.4 Å². The third-order valence-electron chi connectivity index (χ3n) is 6.44. The largest absolute Gasteiger partial charge is 0.497 e. The Morgan fingerprint density at radius 2 is 1.68 bits per heavy atom. The van der Waals surface area contributed by atoms with Gasteiger partial charge in [0.05, 0.1) is 7.11 Å². The van der Waals surface area contributed by atoms with Gasteiger partial charge in [-0.15, -0.1) is 0 Å². The molecule has 1 aliphatic carbocycles. The van der Waals surface area contributed by atoms with Gasteiger partial charge in [-0.25, -0.2) is 4.79 Å². The van der Waals surface area contributed by atoms with Crippen molar-refractivity contribution in [1.29, 1.82) is 0 Å². The van der Waals surface area contributed by atoms with Gasteiger partial charge in [-0.2, -0.15) is 0 Å². The smallest absolute Gasteiger partial charge is 0.408 e. The number of nitrogens with one attached hydrogen (secondary N) is 2. The van der Waals surface area contributed by atoms with Crippen LogP contribution < -0.4 is 15.4 Å². The summed E-state index contributed by atoms with van der Waals surface area (Å²) in [6, 6.07) is 11.1. The van der Waals surface area contributed by atoms with Crippen LogP contribution in [0, 0.1) is 13.8 Å². The molecule has 1 aliphatic rings. The van der Waals surface area contributed by atoms with Gasteiger partial charge in [0.15, 0.2) is 0 Å². The maximum Gasteiger partial charge on any atom is 0.408 e. The van der Waals surface area contributed by atoms with E-state index in [0.717, 1.165) is 36.0 Å². The van der Waals surface area contributed by atoms with Crippen LogP contribution in [-0.4, -0.2) is 47.6 Å². The number of carbonyl (C=O) groups excluding carboxylic acids is 3. The van der Waals surface area contributed by atoms with E-state index in [1.165, 1.54) is 0 Å². The van der Waals surface area contributed by atoms with Crippen LogP contribution in [0.3, 0.4) is 0 Å². The first-order valence-corrected chi connectivity index (χ1v) is 12.7. The summed E-state index contributed by atoms with van der Waals surface area (Å²) in [5.41, 5.74) is 2.56. The molecule has 0 radical (unpaired) electrons. The molecular formula is C29H39N3O5. The molecule has 8 heteroatoms. The summed E-state index contributed by atoms with van der Waals surface area (Å²) in [4.78, 5) is 41.9. The molecule has 0 heterocycles. The van der Waals surface area contributed by atoms with Gasteiger partial charge in [0, 0.05) is 11.7 Å². The van der Waals surface area contributed by atoms with Crippen molar-refractivity contribution in [3.63, 3.8) is 0 Å². The van der Waals surface area contributed by atoms with Crippen molar-refractivity contribution in [1.82, 2.24) is 10.2 Å². The number of hydrogen-bond donors (Lipinski definition) is 2. The highest BCUT2D eigenvalue weighted by molar-refractivity contribution is 5.99. The predicted molar refractivity (Wildman–Crippen MR) is 144 cm³/mol. The van der Waals surface area contributed by atoms with Crippen LogP contribution in [0.4, 0.5) is 10.5 Å². The minimum atomic E-state index is -0.878. The van der Waals surface area contributed by atoms with E-state index in [-0.39, 0.29) is 17.9 Å². The summed E-state index contributed by atoms with van der Waals surface area (Å²) in [5, 5.41) is 5.64. The number of alkyl carbamates (subject to hydrolysis) is 1. The van der Waals surface area contributed by atoms with Crippen molar-refractivity contribution in [2.45, 2.75) is 84.5 Å². The quantitative estimate of drug-likeness (QED) is 0.504. The molecule has 0 bridgehead atoms. The Morgan fingerprint density at radius 1 is 1.03 bits per heavy atom. The summed E-state index contributed by atoms with van der Waals surface area (Å²) < 4.78 is 10.6. The van der Waals surface area contributed by atoms with Crippen LogP contribution in [0.25, 0.3) is 0 Å². The lowest BCUT2D eigenvalue weighted by Gasteiger charge is -2.43. The van der Waals surface area contributed by atoms with Gasteiger partial charge in [-0.05, 0) is 96.2 Å². The third kappa shape index (κ3) is 7.24. The molecule has 200 valence electrons. The minimum absolute atomic E-state index is 0.109. The number of rotatable bonds is 8. The molecule has 1 saturated carbocycles. The molecule has 0 aromatic heterocycles. The van der Waals surface area contributed by atoms with Crippen molar-refractivity contribution in [3.8, 4) is 5.75 Å². The normalized spacial score (nSPS) is 15.1. The van der Waals surface area contributed by atoms with E-state index in [9.17, 15) is 14.4 Å². The van der Waals surface area contributed by atoms with Gasteiger partial charge >= 0.3 is 6.09 Å². The van der Waals surface area contributed by atoms with Crippen LogP contribution in [0.2, 0.25) is 0 Å². The van der Waals surface area contributed by atoms with Crippen LogP contribution >= 0.6 is 0 Å². The molecule has 3 rings (SSSR count). The van der Waals surface area contributed by atoms with Gasteiger partial charge < -0.3 is 25.0 Å². The second-order valence-electron chi connectivity index (χ2n) is 10.7. The number of benzene rings is 2. The van der Waals surface area contributed by atoms with E-state index in [1.54, 1.807) is 64.0 Å². The Balaban J connectivity index is 1.97. The van der Waals surface area contributed by atoms with E-state index in [4.69, 9.17) is 9.47 Å². The van der Waals surface area contributed by atoms with E-state index in [1.807, 2.05) is 32.0 Å². The molecule has 0 aliphatic heterocycles. The summed E-state index contributed by atoms with van der Waals surface area (Å²) >= 11 is 0. The number of nitrogens with zero attached hydrogens (tertiary/aromatic N) is 1.